The zero-order valence-corrected chi connectivity index (χ0v) is 17.7. The molecule has 0 aromatic carbocycles. The molecule has 140 valence electrons. The van der Waals surface area contributed by atoms with Gasteiger partial charge in [0.25, 0.3) is 0 Å². The third kappa shape index (κ3) is 3.34. The van der Waals surface area contributed by atoms with Gasteiger partial charge >= 0.3 is 5.97 Å². The van der Waals surface area contributed by atoms with Crippen LogP contribution in [0.5, 0.6) is 0 Å². The number of Topliss-reactive ketones (excluding diaryl/α,β-unsaturated/α-hetero) is 1. The van der Waals surface area contributed by atoms with E-state index >= 15 is 0 Å². The standard InChI is InChI=1S/C19H22BrNO4S/c1-5-24-18(23)16-15(13-6-10(20)9(2)26-13)14-11(22)7-19(3,4)8-12(14)25-17(16)21/h6,15H,5,7-8,21H2,1-4H3/t15-/m1/s1. The first-order valence-electron chi connectivity index (χ1n) is 8.51. The Kier molecular flexibility index (Phi) is 5.05. The molecule has 1 aliphatic heterocycles. The molecule has 3 rings (SSSR count). The second kappa shape index (κ2) is 6.85. The smallest absolute Gasteiger partial charge is 0.340 e. The SMILES string of the molecule is CCOC(=O)C1=C(N)OC2=C(C(=O)CC(C)(C)C2)[C@H]1c1cc(Br)c(C)s1. The highest BCUT2D eigenvalue weighted by molar-refractivity contribution is 9.10. The Morgan fingerprint density at radius 2 is 2.15 bits per heavy atom. The molecule has 2 N–H and O–H groups in total. The average Bonchev–Trinajstić information content (AvgIpc) is 2.83. The number of hydrogen-bond acceptors (Lipinski definition) is 6. The van der Waals surface area contributed by atoms with Gasteiger partial charge in [-0.1, -0.05) is 13.8 Å². The normalized spacial score (nSPS) is 22.2. The van der Waals surface area contributed by atoms with Crippen LogP contribution in [0.4, 0.5) is 0 Å². The van der Waals surface area contributed by atoms with Crippen molar-refractivity contribution < 1.29 is 19.1 Å². The molecule has 0 spiro atoms. The predicted molar refractivity (Wildman–Crippen MR) is 103 cm³/mol. The molecule has 1 aromatic rings. The monoisotopic (exact) mass is 439 g/mol. The number of halogens is 1. The Balaban J connectivity index is 2.18. The molecule has 1 aromatic heterocycles. The van der Waals surface area contributed by atoms with Crippen molar-refractivity contribution in [2.45, 2.75) is 46.5 Å². The first-order chi connectivity index (χ1) is 12.1. The van der Waals surface area contributed by atoms with E-state index in [1.54, 1.807) is 6.92 Å². The second-order valence-electron chi connectivity index (χ2n) is 7.36. The fourth-order valence-corrected chi connectivity index (χ4v) is 5.18. The molecule has 0 radical (unpaired) electrons. The minimum Gasteiger partial charge on any atom is -0.462 e. The molecule has 0 bridgehead atoms. The summed E-state index contributed by atoms with van der Waals surface area (Å²) in [5.74, 6) is -0.487. The summed E-state index contributed by atoms with van der Waals surface area (Å²) in [6.07, 6.45) is 1.01. The summed E-state index contributed by atoms with van der Waals surface area (Å²) in [4.78, 5) is 27.6. The number of carbonyl (C=O) groups is 2. The van der Waals surface area contributed by atoms with E-state index in [4.69, 9.17) is 15.2 Å². The fraction of sp³-hybridized carbons (Fsp3) is 0.474. The molecule has 26 heavy (non-hydrogen) atoms. The summed E-state index contributed by atoms with van der Waals surface area (Å²) < 4.78 is 11.9. The van der Waals surface area contributed by atoms with E-state index in [-0.39, 0.29) is 29.3 Å². The van der Waals surface area contributed by atoms with Gasteiger partial charge in [-0.2, -0.15) is 0 Å². The van der Waals surface area contributed by atoms with Crippen molar-refractivity contribution in [3.63, 3.8) is 0 Å². The van der Waals surface area contributed by atoms with Crippen molar-refractivity contribution in [3.05, 3.63) is 43.1 Å². The molecule has 1 atom stereocenters. The quantitative estimate of drug-likeness (QED) is 0.709. The van der Waals surface area contributed by atoms with Crippen molar-refractivity contribution in [3.8, 4) is 0 Å². The third-order valence-corrected chi connectivity index (χ3v) is 6.81. The van der Waals surface area contributed by atoms with E-state index in [0.29, 0.717) is 24.2 Å². The largest absolute Gasteiger partial charge is 0.462 e. The minimum atomic E-state index is -0.545. The molecular weight excluding hydrogens is 418 g/mol. The minimum absolute atomic E-state index is 0.00211. The van der Waals surface area contributed by atoms with Crippen LogP contribution < -0.4 is 5.73 Å². The van der Waals surface area contributed by atoms with Crippen LogP contribution in [-0.2, 0) is 19.1 Å². The molecule has 2 aliphatic rings. The first-order valence-corrected chi connectivity index (χ1v) is 10.1. The zero-order chi connectivity index (χ0) is 19.2. The summed E-state index contributed by atoms with van der Waals surface area (Å²) >= 11 is 5.05. The lowest BCUT2D eigenvalue weighted by atomic mass is 9.71. The molecule has 0 saturated carbocycles. The number of ether oxygens (including phenoxy) is 2. The molecule has 5 nitrogen and oxygen atoms in total. The van der Waals surface area contributed by atoms with E-state index in [2.05, 4.69) is 15.9 Å². The van der Waals surface area contributed by atoms with Crippen LogP contribution >= 0.6 is 27.3 Å². The molecule has 2 heterocycles. The third-order valence-electron chi connectivity index (χ3n) is 4.61. The number of nitrogens with two attached hydrogens (primary N) is 1. The van der Waals surface area contributed by atoms with E-state index in [1.165, 1.54) is 11.3 Å². The van der Waals surface area contributed by atoms with Gasteiger partial charge in [-0.05, 0) is 41.3 Å². The molecule has 0 saturated heterocycles. The highest BCUT2D eigenvalue weighted by atomic mass is 79.9. The summed E-state index contributed by atoms with van der Waals surface area (Å²) in [7, 11) is 0. The van der Waals surface area contributed by atoms with Crippen molar-refractivity contribution in [1.82, 2.24) is 0 Å². The van der Waals surface area contributed by atoms with Crippen LogP contribution in [0.25, 0.3) is 0 Å². The van der Waals surface area contributed by atoms with E-state index in [0.717, 1.165) is 14.2 Å². The van der Waals surface area contributed by atoms with Crippen LogP contribution in [0.1, 0.15) is 49.3 Å². The number of hydrogen-bond donors (Lipinski definition) is 1. The Morgan fingerprint density at radius 1 is 1.46 bits per heavy atom. The molecule has 1 aliphatic carbocycles. The second-order valence-corrected chi connectivity index (χ2v) is 9.51. The van der Waals surface area contributed by atoms with Gasteiger partial charge in [0.05, 0.1) is 12.5 Å². The number of carbonyl (C=O) groups excluding carboxylic acids is 2. The van der Waals surface area contributed by atoms with Gasteiger partial charge in [-0.25, -0.2) is 4.79 Å². The Bertz CT molecular complexity index is 830. The Labute approximate surface area is 165 Å². The van der Waals surface area contributed by atoms with E-state index in [9.17, 15) is 9.59 Å². The van der Waals surface area contributed by atoms with Gasteiger partial charge < -0.3 is 15.2 Å². The topological polar surface area (TPSA) is 78.6 Å². The summed E-state index contributed by atoms with van der Waals surface area (Å²) in [5.41, 5.74) is 6.68. The van der Waals surface area contributed by atoms with Crippen LogP contribution in [0, 0.1) is 12.3 Å². The number of rotatable bonds is 3. The number of aryl methyl sites for hydroxylation is 1. The van der Waals surface area contributed by atoms with Crippen molar-refractivity contribution in [2.75, 3.05) is 6.61 Å². The van der Waals surface area contributed by atoms with Gasteiger partial charge in [-0.15, -0.1) is 11.3 Å². The molecular formula is C19H22BrNO4S. The Morgan fingerprint density at radius 3 is 2.73 bits per heavy atom. The molecule has 7 heteroatoms. The van der Waals surface area contributed by atoms with Gasteiger partial charge in [0, 0.05) is 32.6 Å². The van der Waals surface area contributed by atoms with Crippen LogP contribution in [0.2, 0.25) is 0 Å². The number of thiophene rings is 1. The highest BCUT2D eigenvalue weighted by Gasteiger charge is 2.45. The maximum absolute atomic E-state index is 13.0. The highest BCUT2D eigenvalue weighted by Crippen LogP contribution is 2.50. The maximum atomic E-state index is 13.0. The van der Waals surface area contributed by atoms with Gasteiger partial charge in [0.1, 0.15) is 11.3 Å². The summed E-state index contributed by atoms with van der Waals surface area (Å²) in [5, 5.41) is 0. The summed E-state index contributed by atoms with van der Waals surface area (Å²) in [6, 6.07) is 1.94. The lowest BCUT2D eigenvalue weighted by molar-refractivity contribution is -0.139. The zero-order valence-electron chi connectivity index (χ0n) is 15.3. The van der Waals surface area contributed by atoms with Crippen molar-refractivity contribution >= 4 is 39.0 Å². The van der Waals surface area contributed by atoms with Crippen LogP contribution in [0.3, 0.4) is 0 Å². The summed E-state index contributed by atoms with van der Waals surface area (Å²) in [6.45, 7) is 8.00. The first kappa shape index (κ1) is 19.2. The van der Waals surface area contributed by atoms with Gasteiger partial charge in [-0.3, -0.25) is 4.79 Å². The van der Waals surface area contributed by atoms with Crippen molar-refractivity contribution in [2.24, 2.45) is 11.1 Å². The van der Waals surface area contributed by atoms with E-state index < -0.39 is 11.9 Å². The lowest BCUT2D eigenvalue weighted by Gasteiger charge is -2.37. The average molecular weight is 440 g/mol. The lowest BCUT2D eigenvalue weighted by Crippen LogP contribution is -2.35. The number of ketones is 1. The number of allylic oxidation sites excluding steroid dienone is 2. The van der Waals surface area contributed by atoms with Crippen LogP contribution in [0.15, 0.2) is 33.3 Å². The van der Waals surface area contributed by atoms with Crippen LogP contribution in [-0.4, -0.2) is 18.4 Å². The maximum Gasteiger partial charge on any atom is 0.340 e. The fourth-order valence-electron chi connectivity index (χ4n) is 3.50. The van der Waals surface area contributed by atoms with Gasteiger partial charge in [0.15, 0.2) is 5.78 Å². The Hall–Kier alpha value is -1.60. The molecule has 0 fully saturated rings. The number of esters is 1. The predicted octanol–water partition coefficient (Wildman–Crippen LogP) is 4.31. The van der Waals surface area contributed by atoms with E-state index in [1.807, 2.05) is 26.8 Å². The molecule has 0 unspecified atom stereocenters. The molecule has 0 amide bonds. The van der Waals surface area contributed by atoms with Gasteiger partial charge in [0.2, 0.25) is 5.88 Å². The van der Waals surface area contributed by atoms with Crippen molar-refractivity contribution in [1.29, 1.82) is 0 Å².